The molecule has 3 aliphatic rings. The second-order valence-electron chi connectivity index (χ2n) is 8.36. The number of halogens is 1. The van der Waals surface area contributed by atoms with E-state index in [0.717, 1.165) is 68.8 Å². The molecule has 0 radical (unpaired) electrons. The fourth-order valence-corrected chi connectivity index (χ4v) is 4.31. The average Bonchev–Trinajstić information content (AvgIpc) is 2.89. The van der Waals surface area contributed by atoms with Gasteiger partial charge in [-0.3, -0.25) is 4.99 Å². The van der Waals surface area contributed by atoms with Gasteiger partial charge in [0.2, 0.25) is 0 Å². The first kappa shape index (κ1) is 21.0. The quantitative estimate of drug-likeness (QED) is 0.644. The number of hydrogen-bond acceptors (Lipinski definition) is 5. The third-order valence-corrected chi connectivity index (χ3v) is 6.07. The van der Waals surface area contributed by atoms with Gasteiger partial charge in [0, 0.05) is 24.3 Å². The Balaban J connectivity index is 1.67. The number of ether oxygens (including phenoxy) is 2. The molecule has 2 heterocycles. The Labute approximate surface area is 178 Å². The molecule has 5 nitrogen and oxygen atoms in total. The molecule has 4 rings (SSSR count). The molecule has 1 aromatic rings. The highest BCUT2D eigenvalue weighted by atomic mass is 19.1. The maximum absolute atomic E-state index is 14.9. The lowest BCUT2D eigenvalue weighted by molar-refractivity contribution is 0.0208. The second kappa shape index (κ2) is 10.2. The molecule has 6 heteroatoms. The van der Waals surface area contributed by atoms with E-state index >= 15 is 0 Å². The highest BCUT2D eigenvalue weighted by molar-refractivity contribution is 6.10. The number of fused-ring (bicyclic) bond motifs is 5. The summed E-state index contributed by atoms with van der Waals surface area (Å²) in [5, 5.41) is 3.43. The van der Waals surface area contributed by atoms with Gasteiger partial charge in [0.1, 0.15) is 11.6 Å². The minimum atomic E-state index is -0.316. The van der Waals surface area contributed by atoms with E-state index in [1.165, 1.54) is 0 Å². The Bertz CT molecular complexity index is 820. The first-order valence-corrected chi connectivity index (χ1v) is 11.3. The highest BCUT2D eigenvalue weighted by Gasteiger charge is 2.25. The van der Waals surface area contributed by atoms with Gasteiger partial charge < -0.3 is 14.8 Å². The van der Waals surface area contributed by atoms with E-state index in [2.05, 4.69) is 17.2 Å². The monoisotopic (exact) mass is 413 g/mol. The number of aliphatic imine (C=N–C) groups is 2. The fourth-order valence-electron chi connectivity index (χ4n) is 4.31. The van der Waals surface area contributed by atoms with Gasteiger partial charge >= 0.3 is 0 Å². The van der Waals surface area contributed by atoms with E-state index in [9.17, 15) is 4.39 Å². The van der Waals surface area contributed by atoms with Gasteiger partial charge in [0.05, 0.1) is 18.8 Å². The molecule has 1 fully saturated rings. The van der Waals surface area contributed by atoms with Crippen LogP contribution in [-0.2, 0) is 4.74 Å². The zero-order valence-electron chi connectivity index (χ0n) is 17.8. The van der Waals surface area contributed by atoms with Crippen molar-refractivity contribution < 1.29 is 13.9 Å². The third kappa shape index (κ3) is 5.48. The summed E-state index contributed by atoms with van der Waals surface area (Å²) in [6.45, 7) is 3.50. The van der Waals surface area contributed by atoms with Gasteiger partial charge in [-0.25, -0.2) is 9.38 Å². The van der Waals surface area contributed by atoms with Crippen molar-refractivity contribution in [3.8, 4) is 5.75 Å². The van der Waals surface area contributed by atoms with E-state index in [0.29, 0.717) is 13.0 Å². The van der Waals surface area contributed by atoms with E-state index in [1.807, 2.05) is 24.3 Å². The number of nitrogens with zero attached hydrogens (tertiary/aromatic N) is 2. The minimum Gasteiger partial charge on any atom is -0.494 e. The number of anilines is 1. The van der Waals surface area contributed by atoms with Crippen LogP contribution in [0.15, 0.2) is 46.2 Å². The summed E-state index contributed by atoms with van der Waals surface area (Å²) < 4.78 is 26.9. The molecular weight excluding hydrogens is 381 g/mol. The largest absolute Gasteiger partial charge is 0.494 e. The van der Waals surface area contributed by atoms with Gasteiger partial charge in [-0.15, -0.1) is 0 Å². The lowest BCUT2D eigenvalue weighted by atomic mass is 9.93. The molecule has 162 valence electrons. The lowest BCUT2D eigenvalue weighted by Crippen LogP contribution is -2.27. The summed E-state index contributed by atoms with van der Waals surface area (Å²) in [5.74, 6) is 1.61. The minimum absolute atomic E-state index is 0.0587. The smallest absolute Gasteiger partial charge is 0.185 e. The number of benzene rings is 1. The first-order valence-electron chi connectivity index (χ1n) is 11.3. The summed E-state index contributed by atoms with van der Waals surface area (Å²) in [6, 6.07) is 7.94. The molecule has 3 atom stereocenters. The third-order valence-electron chi connectivity index (χ3n) is 6.07. The highest BCUT2D eigenvalue weighted by Crippen LogP contribution is 2.27. The predicted octanol–water partition coefficient (Wildman–Crippen LogP) is 5.68. The van der Waals surface area contributed by atoms with E-state index < -0.39 is 0 Å². The molecule has 0 aromatic heterocycles. The molecule has 0 spiro atoms. The van der Waals surface area contributed by atoms with Crippen LogP contribution in [0.3, 0.4) is 0 Å². The zero-order valence-corrected chi connectivity index (χ0v) is 17.8. The van der Waals surface area contributed by atoms with Crippen molar-refractivity contribution in [1.82, 2.24) is 0 Å². The lowest BCUT2D eigenvalue weighted by Gasteiger charge is -2.27. The van der Waals surface area contributed by atoms with Crippen LogP contribution in [0, 0.1) is 5.92 Å². The van der Waals surface area contributed by atoms with Crippen LogP contribution in [0.5, 0.6) is 5.75 Å². The van der Waals surface area contributed by atoms with Crippen molar-refractivity contribution in [2.24, 2.45) is 15.9 Å². The number of nitrogens with one attached hydrogen (secondary N) is 1. The summed E-state index contributed by atoms with van der Waals surface area (Å²) in [7, 11) is 0. The maximum atomic E-state index is 14.9. The Hall–Kier alpha value is -2.21. The van der Waals surface area contributed by atoms with Crippen LogP contribution >= 0.6 is 0 Å². The normalized spacial score (nSPS) is 27.9. The number of rotatable bonds is 1. The van der Waals surface area contributed by atoms with Crippen LogP contribution < -0.4 is 10.1 Å². The summed E-state index contributed by atoms with van der Waals surface area (Å²) in [6.07, 6.45) is 9.15. The molecule has 1 N–H and O–H groups in total. The number of hydrogen-bond donors (Lipinski definition) is 1. The van der Waals surface area contributed by atoms with Crippen molar-refractivity contribution in [3.63, 3.8) is 0 Å². The SMILES string of the molecule is CCC1CC=C(F)C2=NC3CCCC(C3)OCCCCOc3cccc(c3)NC1=N2. The van der Waals surface area contributed by atoms with Crippen molar-refractivity contribution in [2.45, 2.75) is 70.4 Å². The Morgan fingerprint density at radius 3 is 2.97 bits per heavy atom. The molecule has 0 saturated heterocycles. The van der Waals surface area contributed by atoms with E-state index in [-0.39, 0.29) is 29.7 Å². The van der Waals surface area contributed by atoms with Crippen LogP contribution in [0.4, 0.5) is 10.1 Å². The van der Waals surface area contributed by atoms with Crippen LogP contribution in [0.2, 0.25) is 0 Å². The van der Waals surface area contributed by atoms with Crippen LogP contribution in [0.25, 0.3) is 0 Å². The molecular formula is C24H32FN3O2. The molecule has 3 unspecified atom stereocenters. The standard InChI is InChI=1S/C24H32FN3O2/c1-2-17-11-12-22(25)24-27-19-8-6-10-21(16-19)30-14-4-3-13-29-20-9-5-7-18(15-20)26-23(17)28-24/h5,7,9,12,15,17,19,21H,2-4,6,8,10-11,13-14,16H2,1H3,(H,26,27,28). The van der Waals surface area contributed by atoms with E-state index in [4.69, 9.17) is 14.5 Å². The molecule has 30 heavy (non-hydrogen) atoms. The van der Waals surface area contributed by atoms with Crippen LogP contribution in [-0.4, -0.2) is 37.0 Å². The molecule has 1 saturated carbocycles. The van der Waals surface area contributed by atoms with Crippen molar-refractivity contribution >= 4 is 17.4 Å². The Morgan fingerprint density at radius 2 is 2.07 bits per heavy atom. The first-order chi connectivity index (χ1) is 14.7. The number of allylic oxidation sites excluding steroid dienone is 1. The molecule has 2 aliphatic heterocycles. The second-order valence-corrected chi connectivity index (χ2v) is 8.36. The van der Waals surface area contributed by atoms with Gasteiger partial charge in [-0.2, -0.15) is 0 Å². The molecule has 6 bridgehead atoms. The fraction of sp³-hybridized carbons (Fsp3) is 0.583. The Kier molecular flexibility index (Phi) is 7.16. The van der Waals surface area contributed by atoms with Gasteiger partial charge in [0.25, 0.3) is 0 Å². The average molecular weight is 414 g/mol. The zero-order chi connectivity index (χ0) is 20.8. The van der Waals surface area contributed by atoms with Crippen LogP contribution in [0.1, 0.15) is 58.3 Å². The number of amidine groups is 2. The summed E-state index contributed by atoms with van der Waals surface area (Å²) in [4.78, 5) is 9.43. The van der Waals surface area contributed by atoms with Gasteiger partial charge in [0.15, 0.2) is 11.7 Å². The maximum Gasteiger partial charge on any atom is 0.185 e. The van der Waals surface area contributed by atoms with Gasteiger partial charge in [-0.05, 0) is 69.6 Å². The topological polar surface area (TPSA) is 55.2 Å². The van der Waals surface area contributed by atoms with Crippen molar-refractivity contribution in [2.75, 3.05) is 18.5 Å². The van der Waals surface area contributed by atoms with E-state index in [1.54, 1.807) is 6.08 Å². The molecule has 1 aliphatic carbocycles. The predicted molar refractivity (Wildman–Crippen MR) is 119 cm³/mol. The molecule has 1 aromatic carbocycles. The summed E-state index contributed by atoms with van der Waals surface area (Å²) in [5.41, 5.74) is 0.900. The van der Waals surface area contributed by atoms with Crippen molar-refractivity contribution in [3.05, 3.63) is 36.2 Å². The van der Waals surface area contributed by atoms with Gasteiger partial charge in [-0.1, -0.05) is 13.0 Å². The Morgan fingerprint density at radius 1 is 1.17 bits per heavy atom. The van der Waals surface area contributed by atoms with Crippen molar-refractivity contribution in [1.29, 1.82) is 0 Å². The summed E-state index contributed by atoms with van der Waals surface area (Å²) >= 11 is 0. The molecule has 0 amide bonds.